The number of anilines is 1. The van der Waals surface area contributed by atoms with E-state index in [0.29, 0.717) is 19.1 Å². The molecule has 0 amide bonds. The molecule has 154 valence electrons. The van der Waals surface area contributed by atoms with E-state index in [1.54, 1.807) is 10.9 Å². The number of ether oxygens (including phenoxy) is 1. The first-order valence-electron chi connectivity index (χ1n) is 10.5. The van der Waals surface area contributed by atoms with Crippen LogP contribution in [0.4, 0.5) is 5.82 Å². The fourth-order valence-electron chi connectivity index (χ4n) is 4.64. The van der Waals surface area contributed by atoms with Crippen molar-refractivity contribution in [2.75, 3.05) is 24.7 Å². The Morgan fingerprint density at radius 1 is 1.28 bits per heavy atom. The molecule has 3 aromatic rings. The molecular weight excluding hydrogens is 368 g/mol. The SMILES string of the molecule is CC1CCC(O)(c2cc(N3CCOC[C@H]3C)nc3c2cnn3-c2ccn[nH]2)CC1. The molecule has 4 heterocycles. The summed E-state index contributed by atoms with van der Waals surface area (Å²) in [6.45, 7) is 6.55. The second kappa shape index (κ2) is 7.11. The topological polar surface area (TPSA) is 92.1 Å². The molecule has 0 radical (unpaired) electrons. The molecular formula is C21H28N6O2. The third kappa shape index (κ3) is 3.20. The predicted octanol–water partition coefficient (Wildman–Crippen LogP) is 2.77. The lowest BCUT2D eigenvalue weighted by atomic mass is 9.75. The average molecular weight is 396 g/mol. The van der Waals surface area contributed by atoms with E-state index in [-0.39, 0.29) is 6.04 Å². The van der Waals surface area contributed by atoms with Gasteiger partial charge in [-0.15, -0.1) is 0 Å². The fourth-order valence-corrected chi connectivity index (χ4v) is 4.64. The number of H-pyrrole nitrogens is 1. The van der Waals surface area contributed by atoms with Crippen molar-refractivity contribution < 1.29 is 9.84 Å². The highest BCUT2D eigenvalue weighted by Gasteiger charge is 2.37. The number of aliphatic hydroxyl groups is 1. The minimum Gasteiger partial charge on any atom is -0.385 e. The molecule has 1 saturated carbocycles. The Hall–Kier alpha value is -2.45. The van der Waals surface area contributed by atoms with Gasteiger partial charge in [-0.25, -0.2) is 4.98 Å². The Morgan fingerprint density at radius 3 is 2.83 bits per heavy atom. The molecule has 1 aliphatic carbocycles. The van der Waals surface area contributed by atoms with Crippen molar-refractivity contribution in [3.05, 3.63) is 30.1 Å². The van der Waals surface area contributed by atoms with Crippen molar-refractivity contribution in [2.45, 2.75) is 51.2 Å². The van der Waals surface area contributed by atoms with Gasteiger partial charge in [0.05, 0.1) is 37.3 Å². The van der Waals surface area contributed by atoms with Crippen molar-refractivity contribution in [1.82, 2.24) is 25.0 Å². The fraction of sp³-hybridized carbons (Fsp3) is 0.571. The van der Waals surface area contributed by atoms with Crippen LogP contribution in [-0.4, -0.2) is 55.9 Å². The molecule has 2 fully saturated rings. The number of pyridine rings is 1. The van der Waals surface area contributed by atoms with Gasteiger partial charge in [0.25, 0.3) is 0 Å². The van der Waals surface area contributed by atoms with E-state index in [4.69, 9.17) is 9.72 Å². The average Bonchev–Trinajstić information content (AvgIpc) is 3.39. The third-order valence-corrected chi connectivity index (χ3v) is 6.51. The molecule has 1 saturated heterocycles. The Morgan fingerprint density at radius 2 is 2.10 bits per heavy atom. The molecule has 0 spiro atoms. The molecule has 8 nitrogen and oxygen atoms in total. The summed E-state index contributed by atoms with van der Waals surface area (Å²) in [6, 6.07) is 4.18. The summed E-state index contributed by atoms with van der Waals surface area (Å²) in [7, 11) is 0. The quantitative estimate of drug-likeness (QED) is 0.707. The van der Waals surface area contributed by atoms with Gasteiger partial charge in [-0.3, -0.25) is 5.10 Å². The highest BCUT2D eigenvalue weighted by molar-refractivity contribution is 5.83. The van der Waals surface area contributed by atoms with Crippen molar-refractivity contribution in [1.29, 1.82) is 0 Å². The van der Waals surface area contributed by atoms with Crippen LogP contribution in [0.5, 0.6) is 0 Å². The van der Waals surface area contributed by atoms with E-state index in [0.717, 1.165) is 60.5 Å². The van der Waals surface area contributed by atoms with Crippen molar-refractivity contribution in [3.63, 3.8) is 0 Å². The Labute approximate surface area is 169 Å². The van der Waals surface area contributed by atoms with E-state index in [2.05, 4.69) is 40.1 Å². The van der Waals surface area contributed by atoms with Crippen LogP contribution < -0.4 is 4.90 Å². The summed E-state index contributed by atoms with van der Waals surface area (Å²) in [6.07, 6.45) is 7.10. The molecule has 29 heavy (non-hydrogen) atoms. The molecule has 2 N–H and O–H groups in total. The van der Waals surface area contributed by atoms with Crippen molar-refractivity contribution >= 4 is 16.9 Å². The van der Waals surface area contributed by atoms with Crippen LogP contribution in [0.15, 0.2) is 24.5 Å². The molecule has 2 aliphatic rings. The summed E-state index contributed by atoms with van der Waals surface area (Å²) >= 11 is 0. The smallest absolute Gasteiger partial charge is 0.167 e. The largest absolute Gasteiger partial charge is 0.385 e. The number of aromatic amines is 1. The van der Waals surface area contributed by atoms with Gasteiger partial charge >= 0.3 is 0 Å². The molecule has 0 unspecified atom stereocenters. The number of morpholine rings is 1. The van der Waals surface area contributed by atoms with Gasteiger partial charge in [0.1, 0.15) is 5.82 Å². The maximum absolute atomic E-state index is 11.7. The van der Waals surface area contributed by atoms with Crippen LogP contribution >= 0.6 is 0 Å². The number of hydrogen-bond donors (Lipinski definition) is 2. The van der Waals surface area contributed by atoms with Crippen LogP contribution in [0.1, 0.15) is 45.1 Å². The van der Waals surface area contributed by atoms with Crippen molar-refractivity contribution in [3.8, 4) is 5.82 Å². The second-order valence-electron chi connectivity index (χ2n) is 8.59. The monoisotopic (exact) mass is 396 g/mol. The number of rotatable bonds is 3. The third-order valence-electron chi connectivity index (χ3n) is 6.51. The zero-order chi connectivity index (χ0) is 20.0. The highest BCUT2D eigenvalue weighted by Crippen LogP contribution is 2.43. The number of nitrogens with zero attached hydrogens (tertiary/aromatic N) is 5. The van der Waals surface area contributed by atoms with Gasteiger partial charge in [-0.05, 0) is 50.2 Å². The summed E-state index contributed by atoms with van der Waals surface area (Å²) in [5, 5.41) is 24.2. The van der Waals surface area contributed by atoms with Crippen LogP contribution in [0, 0.1) is 5.92 Å². The molecule has 1 atom stereocenters. The van der Waals surface area contributed by atoms with E-state index < -0.39 is 5.60 Å². The lowest BCUT2D eigenvalue weighted by molar-refractivity contribution is -0.0107. The Balaban J connectivity index is 1.68. The minimum atomic E-state index is -0.847. The zero-order valence-corrected chi connectivity index (χ0v) is 17.0. The first-order valence-corrected chi connectivity index (χ1v) is 10.5. The summed E-state index contributed by atoms with van der Waals surface area (Å²) in [5.74, 6) is 2.28. The van der Waals surface area contributed by atoms with Crippen LogP contribution in [0.2, 0.25) is 0 Å². The number of fused-ring (bicyclic) bond motifs is 1. The van der Waals surface area contributed by atoms with Crippen LogP contribution in [-0.2, 0) is 10.3 Å². The predicted molar refractivity (Wildman–Crippen MR) is 110 cm³/mol. The van der Waals surface area contributed by atoms with Gasteiger partial charge < -0.3 is 14.7 Å². The second-order valence-corrected chi connectivity index (χ2v) is 8.59. The van der Waals surface area contributed by atoms with Crippen LogP contribution in [0.25, 0.3) is 16.9 Å². The summed E-state index contributed by atoms with van der Waals surface area (Å²) in [5.41, 5.74) is 0.834. The minimum absolute atomic E-state index is 0.228. The van der Waals surface area contributed by atoms with Gasteiger partial charge in [-0.2, -0.15) is 14.9 Å². The summed E-state index contributed by atoms with van der Waals surface area (Å²) < 4.78 is 7.39. The lowest BCUT2D eigenvalue weighted by Crippen LogP contribution is -2.44. The highest BCUT2D eigenvalue weighted by atomic mass is 16.5. The lowest BCUT2D eigenvalue weighted by Gasteiger charge is -2.38. The molecule has 0 aromatic carbocycles. The maximum Gasteiger partial charge on any atom is 0.167 e. The standard InChI is InChI=1S/C21H28N6O2/c1-14-3-6-21(28,7-4-14)17-11-19(26-9-10-29-13-15(26)2)24-20-16(17)12-23-27(20)18-5-8-22-25-18/h5,8,11-12,14-15,28H,3-4,6-7,9-10,13H2,1-2H3,(H,22,25)/t14?,15-,21?/m1/s1. The number of aromatic nitrogens is 5. The first kappa shape index (κ1) is 18.6. The van der Waals surface area contributed by atoms with Crippen molar-refractivity contribution in [2.24, 2.45) is 5.92 Å². The molecule has 3 aromatic heterocycles. The van der Waals surface area contributed by atoms with Gasteiger partial charge in [0, 0.05) is 18.0 Å². The zero-order valence-electron chi connectivity index (χ0n) is 17.0. The summed E-state index contributed by atoms with van der Waals surface area (Å²) in [4.78, 5) is 7.25. The number of hydrogen-bond acceptors (Lipinski definition) is 6. The molecule has 0 bridgehead atoms. The molecule has 1 aliphatic heterocycles. The van der Waals surface area contributed by atoms with E-state index in [1.807, 2.05) is 12.3 Å². The van der Waals surface area contributed by atoms with E-state index in [1.165, 1.54) is 0 Å². The van der Waals surface area contributed by atoms with Gasteiger partial charge in [0.15, 0.2) is 11.5 Å². The Bertz CT molecular complexity index is 990. The van der Waals surface area contributed by atoms with E-state index in [9.17, 15) is 5.11 Å². The van der Waals surface area contributed by atoms with Gasteiger partial charge in [-0.1, -0.05) is 6.92 Å². The molecule has 8 heteroatoms. The molecule has 5 rings (SSSR count). The maximum atomic E-state index is 11.7. The number of nitrogens with one attached hydrogen (secondary N) is 1. The Kier molecular flexibility index (Phi) is 4.55. The first-order chi connectivity index (χ1) is 14.0. The normalized spacial score (nSPS) is 28.2. The van der Waals surface area contributed by atoms with Gasteiger partial charge in [0.2, 0.25) is 0 Å². The van der Waals surface area contributed by atoms with E-state index >= 15 is 0 Å². The van der Waals surface area contributed by atoms with Crippen LogP contribution in [0.3, 0.4) is 0 Å².